The van der Waals surface area contributed by atoms with Gasteiger partial charge >= 0.3 is 6.18 Å². The maximum absolute atomic E-state index is 14.1. The van der Waals surface area contributed by atoms with Gasteiger partial charge in [0.05, 0.1) is 12.5 Å². The second-order valence-corrected chi connectivity index (χ2v) is 8.38. The Balaban J connectivity index is 1.45. The summed E-state index contributed by atoms with van der Waals surface area (Å²) in [5.74, 6) is -0.592. The molecule has 0 radical (unpaired) electrons. The molecule has 0 bridgehead atoms. The van der Waals surface area contributed by atoms with Crippen LogP contribution in [-0.4, -0.2) is 66.0 Å². The number of piperidine rings is 1. The quantitative estimate of drug-likeness (QED) is 0.488. The molecule has 0 amide bonds. The van der Waals surface area contributed by atoms with Gasteiger partial charge in [-0.15, -0.1) is 0 Å². The highest BCUT2D eigenvalue weighted by atomic mass is 19.4. The van der Waals surface area contributed by atoms with Crippen molar-refractivity contribution in [2.24, 2.45) is 5.92 Å². The van der Waals surface area contributed by atoms with E-state index >= 15 is 0 Å². The first-order valence-electron chi connectivity index (χ1n) is 10.5. The van der Waals surface area contributed by atoms with E-state index in [2.05, 4.69) is 25.0 Å². The number of hydrogen-bond acceptors (Lipinski definition) is 6. The lowest BCUT2D eigenvalue weighted by molar-refractivity contribution is -0.291. The van der Waals surface area contributed by atoms with Gasteiger partial charge in [0.1, 0.15) is 5.52 Å². The summed E-state index contributed by atoms with van der Waals surface area (Å²) in [5.41, 5.74) is -0.293. The minimum atomic E-state index is -4.81. The molecule has 1 aliphatic heterocycles. The molecule has 33 heavy (non-hydrogen) atoms. The molecule has 4 aromatic rings. The zero-order valence-corrected chi connectivity index (χ0v) is 17.8. The number of pyridine rings is 2. The lowest BCUT2D eigenvalue weighted by Crippen LogP contribution is -2.51. The third-order valence-corrected chi connectivity index (χ3v) is 6.38. The van der Waals surface area contributed by atoms with E-state index in [0.29, 0.717) is 30.1 Å². The molecule has 1 saturated heterocycles. The first-order chi connectivity index (χ1) is 15.8. The first kappa shape index (κ1) is 21.5. The monoisotopic (exact) mass is 457 g/mol. The normalized spacial score (nSPS) is 18.0. The zero-order valence-electron chi connectivity index (χ0n) is 17.8. The van der Waals surface area contributed by atoms with Gasteiger partial charge < -0.3 is 15.0 Å². The van der Waals surface area contributed by atoms with Crippen molar-refractivity contribution < 1.29 is 18.3 Å². The number of imidazole rings is 1. The predicted molar refractivity (Wildman–Crippen MR) is 114 cm³/mol. The summed E-state index contributed by atoms with van der Waals surface area (Å²) in [5, 5.41) is 15.2. The second-order valence-electron chi connectivity index (χ2n) is 8.38. The molecule has 1 unspecified atom stereocenters. The number of likely N-dealkylation sites (tertiary alicyclic amines) is 1. The van der Waals surface area contributed by atoms with Crippen molar-refractivity contribution in [3.63, 3.8) is 0 Å². The maximum Gasteiger partial charge on any atom is 0.421 e. The lowest BCUT2D eigenvalue weighted by Gasteiger charge is -2.41. The fourth-order valence-electron chi connectivity index (χ4n) is 4.47. The number of hydrogen-bond donors (Lipinski definition) is 2. The van der Waals surface area contributed by atoms with Crippen LogP contribution in [0.4, 0.5) is 13.2 Å². The summed E-state index contributed by atoms with van der Waals surface area (Å²) >= 11 is 0. The van der Waals surface area contributed by atoms with Crippen LogP contribution in [0.1, 0.15) is 18.4 Å². The van der Waals surface area contributed by atoms with Crippen LogP contribution in [-0.2, 0) is 5.60 Å². The number of aromatic amines is 1. The van der Waals surface area contributed by atoms with Gasteiger partial charge in [0.15, 0.2) is 17.1 Å². The lowest BCUT2D eigenvalue weighted by atomic mass is 9.76. The molecule has 5 rings (SSSR count). The molecule has 2 N–H and O–H groups in total. The fraction of sp³-hybridized carbons (Fsp3) is 0.364. The van der Waals surface area contributed by atoms with E-state index in [1.54, 1.807) is 24.9 Å². The van der Waals surface area contributed by atoms with E-state index in [0.717, 1.165) is 17.3 Å². The van der Waals surface area contributed by atoms with Gasteiger partial charge in [0.2, 0.25) is 0 Å². The number of rotatable bonds is 4. The van der Waals surface area contributed by atoms with E-state index in [9.17, 15) is 18.3 Å². The SMILES string of the molecule is CN1CCC(C(O)(c2ccc(-n3cc(-c4ccnc5[nH]cnc45)cn3)nc2)C(F)(F)F)CC1. The summed E-state index contributed by atoms with van der Waals surface area (Å²) in [7, 11) is 1.86. The Labute approximate surface area is 187 Å². The van der Waals surface area contributed by atoms with E-state index in [1.807, 2.05) is 18.0 Å². The highest BCUT2D eigenvalue weighted by Crippen LogP contribution is 2.47. The smallest absolute Gasteiger partial charge is 0.376 e. The summed E-state index contributed by atoms with van der Waals surface area (Å²) in [6, 6.07) is 4.54. The molecule has 5 heterocycles. The Morgan fingerprint density at radius 3 is 2.55 bits per heavy atom. The Morgan fingerprint density at radius 1 is 1.06 bits per heavy atom. The van der Waals surface area contributed by atoms with Gasteiger partial charge in [0.25, 0.3) is 0 Å². The van der Waals surface area contributed by atoms with Crippen LogP contribution in [0, 0.1) is 5.92 Å². The molecule has 0 saturated carbocycles. The van der Waals surface area contributed by atoms with Crippen molar-refractivity contribution in [3.05, 3.63) is 54.9 Å². The number of nitrogens with one attached hydrogen (secondary N) is 1. The molecule has 1 fully saturated rings. The van der Waals surface area contributed by atoms with Crippen LogP contribution in [0.15, 0.2) is 49.3 Å². The molecular weight excluding hydrogens is 435 g/mol. The van der Waals surface area contributed by atoms with Crippen molar-refractivity contribution in [3.8, 4) is 16.9 Å². The van der Waals surface area contributed by atoms with E-state index in [1.165, 1.54) is 16.8 Å². The van der Waals surface area contributed by atoms with E-state index in [4.69, 9.17) is 0 Å². The van der Waals surface area contributed by atoms with Crippen LogP contribution in [0.2, 0.25) is 0 Å². The minimum Gasteiger partial charge on any atom is -0.376 e. The third kappa shape index (κ3) is 3.66. The number of aliphatic hydroxyl groups is 1. The van der Waals surface area contributed by atoms with Crippen LogP contribution < -0.4 is 0 Å². The fourth-order valence-corrected chi connectivity index (χ4v) is 4.47. The van der Waals surface area contributed by atoms with Crippen LogP contribution in [0.25, 0.3) is 28.1 Å². The topological polar surface area (TPSA) is 95.8 Å². The van der Waals surface area contributed by atoms with Crippen molar-refractivity contribution in [2.75, 3.05) is 20.1 Å². The van der Waals surface area contributed by atoms with Crippen LogP contribution in [0.3, 0.4) is 0 Å². The molecule has 0 aromatic carbocycles. The van der Waals surface area contributed by atoms with E-state index in [-0.39, 0.29) is 18.4 Å². The molecule has 4 aromatic heterocycles. The van der Waals surface area contributed by atoms with Crippen molar-refractivity contribution in [1.82, 2.24) is 34.6 Å². The second kappa shape index (κ2) is 7.92. The minimum absolute atomic E-state index is 0.254. The first-order valence-corrected chi connectivity index (χ1v) is 10.5. The molecular formula is C22H22F3N7O. The van der Waals surface area contributed by atoms with Crippen molar-refractivity contribution in [2.45, 2.75) is 24.6 Å². The molecule has 0 aliphatic carbocycles. The Kier molecular flexibility index (Phi) is 5.17. The number of aromatic nitrogens is 6. The molecule has 1 atom stereocenters. The van der Waals surface area contributed by atoms with Crippen LogP contribution in [0.5, 0.6) is 0 Å². The molecule has 8 nitrogen and oxygen atoms in total. The number of halogens is 3. The predicted octanol–water partition coefficient (Wildman–Crippen LogP) is 3.30. The standard InChI is InChI=1S/C22H22F3N7O/c1-31-8-5-15(6-9-31)21(33,22(23,24)25)16-2-3-18(27-11-16)32-12-14(10-30-32)17-4-7-26-20-19(17)28-13-29-20/h2-4,7,10-13,15,33H,5-6,8-9H2,1H3,(H,26,28,29). The third-order valence-electron chi connectivity index (χ3n) is 6.38. The highest BCUT2D eigenvalue weighted by Gasteiger charge is 2.59. The van der Waals surface area contributed by atoms with E-state index < -0.39 is 17.7 Å². The highest BCUT2D eigenvalue weighted by molar-refractivity contribution is 5.88. The largest absolute Gasteiger partial charge is 0.421 e. The van der Waals surface area contributed by atoms with Gasteiger partial charge in [-0.25, -0.2) is 19.6 Å². The number of H-pyrrole nitrogens is 1. The summed E-state index contributed by atoms with van der Waals surface area (Å²) in [6.07, 6.45) is 3.35. The Hall–Kier alpha value is -3.31. The summed E-state index contributed by atoms with van der Waals surface area (Å²) < 4.78 is 43.7. The maximum atomic E-state index is 14.1. The molecule has 0 spiro atoms. The molecule has 1 aliphatic rings. The molecule has 172 valence electrons. The summed E-state index contributed by atoms with van der Waals surface area (Å²) in [6.45, 7) is 1.01. The number of nitrogens with zero attached hydrogens (tertiary/aromatic N) is 6. The van der Waals surface area contributed by atoms with Gasteiger partial charge in [-0.3, -0.25) is 0 Å². The van der Waals surface area contributed by atoms with Crippen molar-refractivity contribution in [1.29, 1.82) is 0 Å². The number of fused-ring (bicyclic) bond motifs is 1. The van der Waals surface area contributed by atoms with Gasteiger partial charge in [0, 0.05) is 41.2 Å². The Morgan fingerprint density at radius 2 is 1.85 bits per heavy atom. The zero-order chi connectivity index (χ0) is 23.2. The molecule has 11 heteroatoms. The summed E-state index contributed by atoms with van der Waals surface area (Å²) in [4.78, 5) is 17.6. The van der Waals surface area contributed by atoms with Gasteiger partial charge in [-0.2, -0.15) is 18.3 Å². The Bertz CT molecular complexity index is 1260. The van der Waals surface area contributed by atoms with Gasteiger partial charge in [-0.05, 0) is 45.1 Å². The van der Waals surface area contributed by atoms with Crippen LogP contribution >= 0.6 is 0 Å². The average Bonchev–Trinajstić information content (AvgIpc) is 3.48. The average molecular weight is 457 g/mol. The van der Waals surface area contributed by atoms with Gasteiger partial charge in [-0.1, -0.05) is 6.07 Å². The number of alkyl halides is 3. The van der Waals surface area contributed by atoms with Crippen molar-refractivity contribution >= 4 is 11.2 Å².